The summed E-state index contributed by atoms with van der Waals surface area (Å²) in [5, 5.41) is 8.16. The lowest BCUT2D eigenvalue weighted by Crippen LogP contribution is -2.53. The molecule has 2 aliphatic rings. The van der Waals surface area contributed by atoms with E-state index in [0.717, 1.165) is 16.5 Å². The number of hydrogen-bond acceptors (Lipinski definition) is 10. The van der Waals surface area contributed by atoms with Crippen molar-refractivity contribution in [2.45, 2.75) is 44.6 Å². The van der Waals surface area contributed by atoms with E-state index in [9.17, 15) is 19.2 Å². The maximum Gasteiger partial charge on any atom is 0.355 e. The summed E-state index contributed by atoms with van der Waals surface area (Å²) in [6.07, 6.45) is 2.22. The quantitative estimate of drug-likeness (QED) is 0.187. The zero-order chi connectivity index (χ0) is 31.0. The fourth-order valence-electron chi connectivity index (χ4n) is 5.58. The summed E-state index contributed by atoms with van der Waals surface area (Å²) in [5.74, 6) is -1.35. The third-order valence-corrected chi connectivity index (χ3v) is 9.56. The lowest BCUT2D eigenvalue weighted by atomic mass is 9.85. The number of ether oxygens (including phenoxy) is 2. The zero-order valence-corrected chi connectivity index (χ0v) is 26.3. The number of benzene rings is 1. The van der Waals surface area contributed by atoms with Gasteiger partial charge in [0.1, 0.15) is 12.6 Å². The van der Waals surface area contributed by atoms with Crippen molar-refractivity contribution < 1.29 is 23.9 Å². The number of esters is 2. The summed E-state index contributed by atoms with van der Waals surface area (Å²) in [6, 6.07) is 13.9. The van der Waals surface area contributed by atoms with Crippen LogP contribution in [0.25, 0.3) is 22.3 Å². The van der Waals surface area contributed by atoms with Crippen LogP contribution in [0, 0.1) is 0 Å². The van der Waals surface area contributed by atoms with Gasteiger partial charge in [0, 0.05) is 16.5 Å². The number of thioether (sulfide) groups is 1. The van der Waals surface area contributed by atoms with Gasteiger partial charge in [0.2, 0.25) is 5.60 Å². The van der Waals surface area contributed by atoms with Gasteiger partial charge in [-0.25, -0.2) is 14.6 Å². The molecule has 1 amide bonds. The summed E-state index contributed by atoms with van der Waals surface area (Å²) in [5.41, 5.74) is 1.22. The van der Waals surface area contributed by atoms with Crippen LogP contribution in [0.15, 0.2) is 58.7 Å². The number of carbonyl (C=O) groups excluding carboxylic acids is 3. The van der Waals surface area contributed by atoms with Crippen molar-refractivity contribution in [2.24, 2.45) is 0 Å². The summed E-state index contributed by atoms with van der Waals surface area (Å²) in [6.45, 7) is 1.80. The molecule has 4 aromatic rings. The first-order valence-electron chi connectivity index (χ1n) is 14.0. The molecule has 2 atom stereocenters. The van der Waals surface area contributed by atoms with E-state index in [2.05, 4.69) is 10.6 Å². The Kier molecular flexibility index (Phi) is 8.27. The molecule has 226 valence electrons. The minimum absolute atomic E-state index is 0.0281. The summed E-state index contributed by atoms with van der Waals surface area (Å²) >= 11 is 8.12. The van der Waals surface area contributed by atoms with E-state index in [1.54, 1.807) is 35.1 Å². The van der Waals surface area contributed by atoms with Crippen molar-refractivity contribution in [3.63, 3.8) is 0 Å². The molecule has 3 aromatic heterocycles. The number of carbonyl (C=O) groups is 3. The van der Waals surface area contributed by atoms with Crippen LogP contribution in [0.5, 0.6) is 0 Å². The minimum Gasteiger partial charge on any atom is -0.457 e. The Morgan fingerprint density at radius 3 is 2.80 bits per heavy atom. The van der Waals surface area contributed by atoms with Crippen molar-refractivity contribution in [3.05, 3.63) is 85.8 Å². The molecule has 0 unspecified atom stereocenters. The first-order valence-corrected chi connectivity index (χ1v) is 16.6. The first kappa shape index (κ1) is 30.0. The summed E-state index contributed by atoms with van der Waals surface area (Å²) in [4.78, 5) is 58.9. The molecule has 0 saturated carbocycles. The number of hydrogen-bond donors (Lipinski definition) is 2. The van der Waals surface area contributed by atoms with Crippen LogP contribution in [0.3, 0.4) is 0 Å². The number of nitrogens with one attached hydrogen (secondary N) is 2. The molecule has 10 nitrogen and oxygen atoms in total. The van der Waals surface area contributed by atoms with E-state index in [4.69, 9.17) is 26.7 Å². The van der Waals surface area contributed by atoms with Crippen LogP contribution < -0.4 is 16.2 Å². The second-order valence-electron chi connectivity index (χ2n) is 10.4. The predicted octanol–water partition coefficient (Wildman–Crippen LogP) is 4.12. The molecule has 0 bridgehead atoms. The number of cyclic esters (lactones) is 1. The molecular weight excluding hydrogens is 621 g/mol. The fourth-order valence-corrected chi connectivity index (χ4v) is 6.90. The number of amides is 1. The summed E-state index contributed by atoms with van der Waals surface area (Å²) < 4.78 is 13.1. The summed E-state index contributed by atoms with van der Waals surface area (Å²) in [7, 11) is 0. The molecule has 13 heteroatoms. The monoisotopic (exact) mass is 648 g/mol. The first-order chi connectivity index (χ1) is 21.3. The van der Waals surface area contributed by atoms with Gasteiger partial charge in [0.05, 0.1) is 33.9 Å². The van der Waals surface area contributed by atoms with Crippen molar-refractivity contribution >= 4 is 69.2 Å². The predicted molar refractivity (Wildman–Crippen MR) is 173 cm³/mol. The molecule has 5 heterocycles. The lowest BCUT2D eigenvalue weighted by Gasteiger charge is -2.36. The molecule has 2 N–H and O–H groups in total. The van der Waals surface area contributed by atoms with Gasteiger partial charge in [-0.1, -0.05) is 31.2 Å². The van der Waals surface area contributed by atoms with Crippen LogP contribution >= 0.6 is 35.3 Å². The van der Waals surface area contributed by atoms with E-state index >= 15 is 0 Å². The van der Waals surface area contributed by atoms with E-state index in [1.165, 1.54) is 23.1 Å². The SMILES string of the molecule is CC[C@@]1(OC(=O)[C@H](CCSC)NC(=S)NC(=O)c2cccs2)C(=O)OCc2c1cc1n(c2=O)Cc2cc3ccccc3nc2-1. The topological polar surface area (TPSA) is 129 Å². The van der Waals surface area contributed by atoms with Crippen molar-refractivity contribution in [3.8, 4) is 11.4 Å². The number of nitrogens with zero attached hydrogens (tertiary/aromatic N) is 2. The van der Waals surface area contributed by atoms with Crippen molar-refractivity contribution in [1.29, 1.82) is 0 Å². The Balaban J connectivity index is 1.34. The Hall–Kier alpha value is -4.07. The van der Waals surface area contributed by atoms with Gasteiger partial charge in [-0.2, -0.15) is 11.8 Å². The van der Waals surface area contributed by atoms with Gasteiger partial charge in [0.15, 0.2) is 5.11 Å². The van der Waals surface area contributed by atoms with E-state index in [-0.39, 0.29) is 29.3 Å². The third-order valence-electron chi connectivity index (χ3n) is 7.83. The standard InChI is InChI=1S/C31H28N4O6S3/c1-3-31(41-28(38)22(10-12-43-2)33-30(42)34-26(36)24-9-6-11-44-24)20-14-23-25-18(13-17-7-4-5-8-21(17)32-25)15-35(23)27(37)19(20)16-40-29(31)39/h4-9,11,13-14,22H,3,10,12,15-16H2,1-2H3,(H2,33,34,36,42)/t22-,31-/m0/s1. The zero-order valence-electron chi connectivity index (χ0n) is 23.9. The molecule has 0 spiro atoms. The van der Waals surface area contributed by atoms with Gasteiger partial charge in [-0.05, 0) is 66.7 Å². The molecule has 0 saturated heterocycles. The van der Waals surface area contributed by atoms with Crippen LogP contribution in [-0.4, -0.2) is 50.6 Å². The number of para-hydroxylation sites is 1. The molecule has 6 rings (SSSR count). The largest absolute Gasteiger partial charge is 0.457 e. The second-order valence-corrected chi connectivity index (χ2v) is 12.8. The van der Waals surface area contributed by atoms with Crippen molar-refractivity contribution in [1.82, 2.24) is 20.2 Å². The Morgan fingerprint density at radius 1 is 1.23 bits per heavy atom. The number of pyridine rings is 2. The van der Waals surface area contributed by atoms with Crippen LogP contribution in [0.2, 0.25) is 0 Å². The van der Waals surface area contributed by atoms with Gasteiger partial charge in [0.25, 0.3) is 11.5 Å². The minimum atomic E-state index is -1.86. The maximum absolute atomic E-state index is 13.8. The van der Waals surface area contributed by atoms with E-state index < -0.39 is 29.5 Å². The maximum atomic E-state index is 13.8. The van der Waals surface area contributed by atoms with Crippen LogP contribution in [0.4, 0.5) is 0 Å². The highest BCUT2D eigenvalue weighted by Crippen LogP contribution is 2.41. The van der Waals surface area contributed by atoms with Crippen LogP contribution in [-0.2, 0) is 37.8 Å². The number of aromatic nitrogens is 2. The Morgan fingerprint density at radius 2 is 2.05 bits per heavy atom. The molecule has 44 heavy (non-hydrogen) atoms. The molecule has 0 radical (unpaired) electrons. The average molecular weight is 649 g/mol. The molecule has 2 aliphatic heterocycles. The number of fused-ring (bicyclic) bond motifs is 5. The number of thiophene rings is 1. The normalized spacial score (nSPS) is 17.2. The fraction of sp³-hybridized carbons (Fsp3) is 0.290. The van der Waals surface area contributed by atoms with Crippen molar-refractivity contribution in [2.75, 3.05) is 12.0 Å². The highest BCUT2D eigenvalue weighted by molar-refractivity contribution is 7.98. The molecule has 1 aromatic carbocycles. The average Bonchev–Trinajstić information content (AvgIpc) is 3.68. The van der Waals surface area contributed by atoms with Gasteiger partial charge in [-0.15, -0.1) is 11.3 Å². The third kappa shape index (κ3) is 5.29. The highest BCUT2D eigenvalue weighted by Gasteiger charge is 2.51. The Labute approximate surface area is 266 Å². The smallest absolute Gasteiger partial charge is 0.355 e. The van der Waals surface area contributed by atoms with Gasteiger partial charge >= 0.3 is 11.9 Å². The van der Waals surface area contributed by atoms with E-state index in [0.29, 0.717) is 40.5 Å². The highest BCUT2D eigenvalue weighted by atomic mass is 32.2. The molecular formula is C31H28N4O6S3. The lowest BCUT2D eigenvalue weighted by molar-refractivity contribution is -0.190. The number of thiocarbonyl (C=S) groups is 1. The van der Waals surface area contributed by atoms with Gasteiger partial charge in [-0.3, -0.25) is 14.9 Å². The molecule has 0 aliphatic carbocycles. The number of rotatable bonds is 8. The van der Waals surface area contributed by atoms with E-state index in [1.807, 2.05) is 36.6 Å². The Bertz CT molecular complexity index is 1870. The second kappa shape index (κ2) is 12.1. The molecule has 0 fully saturated rings. The van der Waals surface area contributed by atoms with Gasteiger partial charge < -0.3 is 19.4 Å². The van der Waals surface area contributed by atoms with Crippen LogP contribution in [0.1, 0.15) is 46.1 Å².